The van der Waals surface area contributed by atoms with Crippen LogP contribution in [0.4, 0.5) is 0 Å². The molecule has 2 rings (SSSR count). The molecule has 24 heavy (non-hydrogen) atoms. The third kappa shape index (κ3) is 10.4. The van der Waals surface area contributed by atoms with Gasteiger partial charge >= 0.3 is 0 Å². The number of carboxylic acid groups (broad SMARTS) is 2. The van der Waals surface area contributed by atoms with Crippen molar-refractivity contribution >= 4 is 11.9 Å². The second kappa shape index (κ2) is 11.2. The Hall–Kier alpha value is -1.40. The highest BCUT2D eigenvalue weighted by Crippen LogP contribution is 2.15. The zero-order chi connectivity index (χ0) is 18.6. The molecule has 0 radical (unpaired) electrons. The summed E-state index contributed by atoms with van der Waals surface area (Å²) < 4.78 is 2.64. The first-order valence-corrected chi connectivity index (χ1v) is 8.93. The van der Waals surface area contributed by atoms with E-state index in [9.17, 15) is 19.8 Å². The number of carboxylic acids is 2. The first kappa shape index (κ1) is 22.6. The molecule has 140 valence electrons. The van der Waals surface area contributed by atoms with E-state index in [0.29, 0.717) is 12.2 Å². The van der Waals surface area contributed by atoms with E-state index in [1.165, 1.54) is 73.9 Å². The van der Waals surface area contributed by atoms with Gasteiger partial charge in [0.2, 0.25) is 0 Å². The molecule has 0 N–H and O–H groups in total. The maximum absolute atomic E-state index is 9.41. The van der Waals surface area contributed by atoms with Gasteiger partial charge in [-0.15, -0.1) is 0 Å². The van der Waals surface area contributed by atoms with Crippen LogP contribution in [0.15, 0.2) is 12.2 Å². The zero-order valence-corrected chi connectivity index (χ0v) is 15.8. The number of carbonyl (C=O) groups is 2. The molecule has 2 saturated heterocycles. The number of rotatable bonds is 4. The van der Waals surface area contributed by atoms with Crippen LogP contribution in [0.3, 0.4) is 0 Å². The first-order valence-electron chi connectivity index (χ1n) is 8.93. The van der Waals surface area contributed by atoms with E-state index in [2.05, 4.69) is 27.9 Å². The predicted molar refractivity (Wildman–Crippen MR) is 90.5 cm³/mol. The SMILES string of the molecule is CC[N+]1(C)CCCC1.CC[N+]1(C)CCCC1.O=C([O-])C=CC(=O)[O-]. The Labute approximate surface area is 146 Å². The molecule has 2 fully saturated rings. The van der Waals surface area contributed by atoms with Crippen LogP contribution in [-0.2, 0) is 9.59 Å². The maximum atomic E-state index is 9.41. The molecule has 2 heterocycles. The van der Waals surface area contributed by atoms with Crippen molar-refractivity contribution in [3.63, 3.8) is 0 Å². The molecule has 6 heteroatoms. The quantitative estimate of drug-likeness (QED) is 0.511. The van der Waals surface area contributed by atoms with Gasteiger partial charge in [0.25, 0.3) is 0 Å². The minimum atomic E-state index is -1.55. The normalized spacial score (nSPS) is 20.7. The molecule has 0 spiro atoms. The van der Waals surface area contributed by atoms with Crippen LogP contribution < -0.4 is 10.2 Å². The average Bonchev–Trinajstić information content (AvgIpc) is 3.17. The Kier molecular flexibility index (Phi) is 10.6. The van der Waals surface area contributed by atoms with Gasteiger partial charge in [-0.05, 0) is 26.0 Å². The number of carbonyl (C=O) groups excluding carboxylic acids is 2. The molecule has 0 aromatic carbocycles. The Morgan fingerprint density at radius 2 is 1.00 bits per heavy atom. The smallest absolute Gasteiger partial charge is 0.0786 e. The number of hydrogen-bond acceptors (Lipinski definition) is 4. The van der Waals surface area contributed by atoms with Crippen LogP contribution in [0.25, 0.3) is 0 Å². The van der Waals surface area contributed by atoms with Crippen LogP contribution in [0.5, 0.6) is 0 Å². The van der Waals surface area contributed by atoms with E-state index in [0.717, 1.165) is 0 Å². The van der Waals surface area contributed by atoms with E-state index in [1.807, 2.05) is 0 Å². The monoisotopic (exact) mass is 342 g/mol. The second-order valence-electron chi connectivity index (χ2n) is 7.15. The lowest BCUT2D eigenvalue weighted by molar-refractivity contribution is -0.895. The maximum Gasteiger partial charge on any atom is 0.0786 e. The summed E-state index contributed by atoms with van der Waals surface area (Å²) in [5.41, 5.74) is 0. The Bertz CT molecular complexity index is 371. The van der Waals surface area contributed by atoms with Crippen LogP contribution >= 0.6 is 0 Å². The third-order valence-corrected chi connectivity index (χ3v) is 5.17. The molecule has 0 atom stereocenters. The van der Waals surface area contributed by atoms with Gasteiger partial charge in [-0.3, -0.25) is 0 Å². The minimum Gasteiger partial charge on any atom is -0.545 e. The van der Waals surface area contributed by atoms with Crippen molar-refractivity contribution in [1.29, 1.82) is 0 Å². The number of nitrogens with zero attached hydrogens (tertiary/aromatic N) is 2. The van der Waals surface area contributed by atoms with Gasteiger partial charge in [-0.1, -0.05) is 0 Å². The molecule has 0 amide bonds. The molecule has 0 unspecified atom stereocenters. The summed E-state index contributed by atoms with van der Waals surface area (Å²) in [6.07, 6.45) is 6.56. The molecule has 0 saturated carbocycles. The number of likely N-dealkylation sites (tertiary alicyclic amines) is 2. The van der Waals surface area contributed by atoms with Gasteiger partial charge in [0.05, 0.1) is 65.3 Å². The fourth-order valence-electron chi connectivity index (χ4n) is 2.97. The van der Waals surface area contributed by atoms with E-state index in [4.69, 9.17) is 0 Å². The molecule has 0 aromatic rings. The van der Waals surface area contributed by atoms with Crippen molar-refractivity contribution < 1.29 is 28.8 Å². The number of quaternary nitrogens is 2. The summed E-state index contributed by atoms with van der Waals surface area (Å²) in [5, 5.41) is 18.8. The highest BCUT2D eigenvalue weighted by atomic mass is 16.4. The van der Waals surface area contributed by atoms with Crippen molar-refractivity contribution in [3.8, 4) is 0 Å². The number of hydrogen-bond donors (Lipinski definition) is 0. The van der Waals surface area contributed by atoms with Crippen LogP contribution in [0, 0.1) is 0 Å². The largest absolute Gasteiger partial charge is 0.545 e. The van der Waals surface area contributed by atoms with Gasteiger partial charge in [0.1, 0.15) is 0 Å². The molecule has 2 aliphatic rings. The predicted octanol–water partition coefficient (Wildman–Crippen LogP) is -0.464. The second-order valence-corrected chi connectivity index (χ2v) is 7.15. The van der Waals surface area contributed by atoms with Gasteiger partial charge in [-0.25, -0.2) is 0 Å². The molecule has 0 aliphatic carbocycles. The van der Waals surface area contributed by atoms with E-state index < -0.39 is 11.9 Å². The average molecular weight is 342 g/mol. The summed E-state index contributed by atoms with van der Waals surface area (Å²) in [7, 11) is 4.71. The lowest BCUT2D eigenvalue weighted by atomic mass is 10.4. The Morgan fingerprint density at radius 1 is 0.750 bits per heavy atom. The fourth-order valence-corrected chi connectivity index (χ4v) is 2.97. The van der Waals surface area contributed by atoms with Crippen LogP contribution in [0.1, 0.15) is 39.5 Å². The lowest BCUT2D eigenvalue weighted by Crippen LogP contribution is -2.40. The molecule has 2 aliphatic heterocycles. The molecular weight excluding hydrogens is 308 g/mol. The van der Waals surface area contributed by atoms with Crippen molar-refractivity contribution in [1.82, 2.24) is 0 Å². The lowest BCUT2D eigenvalue weighted by Gasteiger charge is -2.26. The van der Waals surface area contributed by atoms with Crippen molar-refractivity contribution in [2.24, 2.45) is 0 Å². The van der Waals surface area contributed by atoms with Gasteiger partial charge < -0.3 is 28.8 Å². The fraction of sp³-hybridized carbons (Fsp3) is 0.778. The zero-order valence-electron chi connectivity index (χ0n) is 15.8. The van der Waals surface area contributed by atoms with Crippen LogP contribution in [-0.4, -0.2) is 74.3 Å². The molecule has 6 nitrogen and oxygen atoms in total. The molecular formula is C18H34N2O4. The van der Waals surface area contributed by atoms with Crippen molar-refractivity contribution in [3.05, 3.63) is 12.2 Å². The van der Waals surface area contributed by atoms with Gasteiger partial charge in [0, 0.05) is 25.7 Å². The van der Waals surface area contributed by atoms with E-state index in [-0.39, 0.29) is 0 Å². The molecule has 0 aromatic heterocycles. The van der Waals surface area contributed by atoms with Crippen molar-refractivity contribution in [2.45, 2.75) is 39.5 Å². The number of aliphatic carboxylic acids is 2. The highest BCUT2D eigenvalue weighted by Gasteiger charge is 2.24. The third-order valence-electron chi connectivity index (χ3n) is 5.17. The first-order chi connectivity index (χ1) is 11.2. The van der Waals surface area contributed by atoms with Gasteiger partial charge in [-0.2, -0.15) is 0 Å². The summed E-state index contributed by atoms with van der Waals surface area (Å²) in [4.78, 5) is 18.8. The summed E-state index contributed by atoms with van der Waals surface area (Å²) in [5.74, 6) is -3.09. The van der Waals surface area contributed by atoms with Crippen LogP contribution in [0.2, 0.25) is 0 Å². The van der Waals surface area contributed by atoms with E-state index >= 15 is 0 Å². The summed E-state index contributed by atoms with van der Waals surface area (Å²) >= 11 is 0. The van der Waals surface area contributed by atoms with Gasteiger partial charge in [0.15, 0.2) is 0 Å². The van der Waals surface area contributed by atoms with E-state index in [1.54, 1.807) is 0 Å². The van der Waals surface area contributed by atoms with Crippen molar-refractivity contribution in [2.75, 3.05) is 53.4 Å². The summed E-state index contributed by atoms with van der Waals surface area (Å²) in [6, 6.07) is 0. The Balaban J connectivity index is 0.000000331. The Morgan fingerprint density at radius 3 is 1.12 bits per heavy atom. The summed E-state index contributed by atoms with van der Waals surface area (Å²) in [6.45, 7) is 12.9. The highest BCUT2D eigenvalue weighted by molar-refractivity contribution is 5.87. The standard InChI is InChI=1S/2C7H16N.C4H4O4/c2*1-3-8(2)6-4-5-7-8;5-3(6)1-2-4(7)8/h2*3-7H2,1-2H3;1-2H,(H,5,6)(H,7,8)/q2*+1;/p-2. The molecule has 0 bridgehead atoms. The topological polar surface area (TPSA) is 80.3 Å². The minimum absolute atomic E-state index is 0.384.